The van der Waals surface area contributed by atoms with Crippen molar-refractivity contribution in [3.05, 3.63) is 16.3 Å². The van der Waals surface area contributed by atoms with E-state index in [1.807, 2.05) is 6.92 Å². The Bertz CT molecular complexity index is 840. The fourth-order valence-corrected chi connectivity index (χ4v) is 4.88. The van der Waals surface area contributed by atoms with Crippen molar-refractivity contribution in [3.8, 4) is 0 Å². The van der Waals surface area contributed by atoms with Crippen LogP contribution in [0.2, 0.25) is 0 Å². The van der Waals surface area contributed by atoms with E-state index in [1.54, 1.807) is 11.3 Å². The standard InChI is InChI=1S/C19H26N4O2S/c1-10-11(2)26-19-17(10)18(20-12(3)21-19)22-14-6-15(7-14)23(9-16(24)25)8-13-4-5-13/h13-15H,4-9H2,1-3H3,(H,24,25)(H,20,21,22). The summed E-state index contributed by atoms with van der Waals surface area (Å²) in [7, 11) is 0. The molecule has 2 aliphatic carbocycles. The van der Waals surface area contributed by atoms with Crippen LogP contribution in [0.5, 0.6) is 0 Å². The minimum Gasteiger partial charge on any atom is -0.480 e. The molecule has 2 heterocycles. The van der Waals surface area contributed by atoms with Gasteiger partial charge in [-0.3, -0.25) is 9.69 Å². The van der Waals surface area contributed by atoms with Crippen molar-refractivity contribution in [3.63, 3.8) is 0 Å². The Kier molecular flexibility index (Phi) is 4.61. The van der Waals surface area contributed by atoms with E-state index in [2.05, 4.69) is 34.0 Å². The molecule has 2 saturated carbocycles. The molecule has 2 aliphatic rings. The quantitative estimate of drug-likeness (QED) is 0.774. The molecule has 2 N–H and O–H groups in total. The number of hydrogen-bond acceptors (Lipinski definition) is 6. The number of aromatic nitrogens is 2. The lowest BCUT2D eigenvalue weighted by Gasteiger charge is -2.43. The van der Waals surface area contributed by atoms with E-state index in [4.69, 9.17) is 0 Å². The molecular formula is C19H26N4O2S. The molecule has 0 amide bonds. The van der Waals surface area contributed by atoms with Crippen LogP contribution >= 0.6 is 11.3 Å². The van der Waals surface area contributed by atoms with Crippen molar-refractivity contribution in [2.75, 3.05) is 18.4 Å². The predicted octanol–water partition coefficient (Wildman–Crippen LogP) is 3.36. The van der Waals surface area contributed by atoms with E-state index >= 15 is 0 Å². The molecule has 2 fully saturated rings. The largest absolute Gasteiger partial charge is 0.480 e. The minimum absolute atomic E-state index is 0.160. The number of carbonyl (C=O) groups is 1. The Morgan fingerprint density at radius 2 is 2.00 bits per heavy atom. The Hall–Kier alpha value is -1.73. The van der Waals surface area contributed by atoms with Gasteiger partial charge in [-0.05, 0) is 57.9 Å². The molecule has 140 valence electrons. The second-order valence-corrected chi connectivity index (χ2v) is 9.02. The minimum atomic E-state index is -0.723. The Morgan fingerprint density at radius 1 is 1.27 bits per heavy atom. The SMILES string of the molecule is Cc1nc(NC2CC(N(CC(=O)O)CC3CC3)C2)c2c(C)c(C)sc2n1. The van der Waals surface area contributed by atoms with Gasteiger partial charge in [0.25, 0.3) is 0 Å². The first-order valence-electron chi connectivity index (χ1n) is 9.37. The summed E-state index contributed by atoms with van der Waals surface area (Å²) < 4.78 is 0. The average molecular weight is 375 g/mol. The summed E-state index contributed by atoms with van der Waals surface area (Å²) in [5.41, 5.74) is 1.25. The zero-order valence-corrected chi connectivity index (χ0v) is 16.4. The number of aryl methyl sites for hydroxylation is 3. The van der Waals surface area contributed by atoms with Crippen molar-refractivity contribution in [2.24, 2.45) is 5.92 Å². The van der Waals surface area contributed by atoms with Crippen LogP contribution < -0.4 is 5.32 Å². The van der Waals surface area contributed by atoms with Gasteiger partial charge in [0.15, 0.2) is 0 Å². The number of thiophene rings is 1. The van der Waals surface area contributed by atoms with Crippen LogP contribution in [0.25, 0.3) is 10.2 Å². The van der Waals surface area contributed by atoms with E-state index in [-0.39, 0.29) is 6.54 Å². The van der Waals surface area contributed by atoms with E-state index in [9.17, 15) is 9.90 Å². The van der Waals surface area contributed by atoms with Crippen molar-refractivity contribution in [1.82, 2.24) is 14.9 Å². The van der Waals surface area contributed by atoms with Crippen LogP contribution in [0.3, 0.4) is 0 Å². The van der Waals surface area contributed by atoms with E-state index in [1.165, 1.54) is 23.3 Å². The van der Waals surface area contributed by atoms with E-state index < -0.39 is 5.97 Å². The first-order valence-corrected chi connectivity index (χ1v) is 10.2. The maximum Gasteiger partial charge on any atom is 0.317 e. The van der Waals surface area contributed by atoms with Crippen molar-refractivity contribution in [2.45, 2.75) is 58.5 Å². The second-order valence-electron chi connectivity index (χ2n) is 7.82. The normalized spacial score (nSPS) is 22.6. The maximum atomic E-state index is 11.2. The number of anilines is 1. The summed E-state index contributed by atoms with van der Waals surface area (Å²) in [6.07, 6.45) is 4.46. The molecule has 26 heavy (non-hydrogen) atoms. The van der Waals surface area contributed by atoms with E-state index in [0.717, 1.165) is 41.2 Å². The fourth-order valence-electron chi connectivity index (χ4n) is 3.81. The molecule has 4 rings (SSSR count). The van der Waals surface area contributed by atoms with Gasteiger partial charge in [0.05, 0.1) is 11.9 Å². The molecule has 2 aromatic heterocycles. The first kappa shape index (κ1) is 17.7. The molecule has 0 bridgehead atoms. The summed E-state index contributed by atoms with van der Waals surface area (Å²) in [6, 6.07) is 0.723. The highest BCUT2D eigenvalue weighted by atomic mass is 32.1. The summed E-state index contributed by atoms with van der Waals surface area (Å²) in [4.78, 5) is 24.9. The lowest BCUT2D eigenvalue weighted by molar-refractivity contribution is -0.139. The summed E-state index contributed by atoms with van der Waals surface area (Å²) >= 11 is 1.72. The van der Waals surface area contributed by atoms with Gasteiger partial charge in [0.2, 0.25) is 0 Å². The van der Waals surface area contributed by atoms with Gasteiger partial charge >= 0.3 is 5.97 Å². The molecule has 0 aliphatic heterocycles. The first-order chi connectivity index (χ1) is 12.4. The molecule has 0 radical (unpaired) electrons. The van der Waals surface area contributed by atoms with Gasteiger partial charge < -0.3 is 10.4 Å². The number of carboxylic acids is 1. The van der Waals surface area contributed by atoms with Crippen molar-refractivity contribution in [1.29, 1.82) is 0 Å². The molecule has 0 saturated heterocycles. The molecule has 0 atom stereocenters. The Balaban J connectivity index is 1.45. The van der Waals surface area contributed by atoms with Gasteiger partial charge in [0.1, 0.15) is 16.5 Å². The lowest BCUT2D eigenvalue weighted by atomic mass is 9.85. The highest BCUT2D eigenvalue weighted by molar-refractivity contribution is 7.18. The zero-order valence-electron chi connectivity index (χ0n) is 15.6. The molecule has 2 aromatic rings. The highest BCUT2D eigenvalue weighted by Gasteiger charge is 2.37. The zero-order chi connectivity index (χ0) is 18.4. The Labute approximate surface area is 157 Å². The summed E-state index contributed by atoms with van der Waals surface area (Å²) in [5, 5.41) is 13.9. The molecule has 6 nitrogen and oxygen atoms in total. The predicted molar refractivity (Wildman–Crippen MR) is 104 cm³/mol. The number of aliphatic carboxylic acids is 1. The highest BCUT2D eigenvalue weighted by Crippen LogP contribution is 2.37. The third-order valence-electron chi connectivity index (χ3n) is 5.64. The average Bonchev–Trinajstić information content (AvgIpc) is 3.27. The van der Waals surface area contributed by atoms with Crippen LogP contribution in [-0.4, -0.2) is 51.1 Å². The van der Waals surface area contributed by atoms with Crippen LogP contribution in [0.15, 0.2) is 0 Å². The van der Waals surface area contributed by atoms with Gasteiger partial charge in [-0.1, -0.05) is 0 Å². The lowest BCUT2D eigenvalue weighted by Crippen LogP contribution is -2.52. The number of nitrogens with zero attached hydrogens (tertiary/aromatic N) is 3. The number of hydrogen-bond donors (Lipinski definition) is 2. The fraction of sp³-hybridized carbons (Fsp3) is 0.632. The third-order valence-corrected chi connectivity index (χ3v) is 6.74. The molecule has 7 heteroatoms. The van der Waals surface area contributed by atoms with E-state index in [0.29, 0.717) is 18.0 Å². The van der Waals surface area contributed by atoms with Gasteiger partial charge in [-0.25, -0.2) is 9.97 Å². The van der Waals surface area contributed by atoms with Crippen LogP contribution in [-0.2, 0) is 4.79 Å². The number of fused-ring (bicyclic) bond motifs is 1. The smallest absolute Gasteiger partial charge is 0.317 e. The number of rotatable bonds is 7. The summed E-state index contributed by atoms with van der Waals surface area (Å²) in [5.74, 6) is 1.71. The molecule has 0 unspecified atom stereocenters. The second kappa shape index (κ2) is 6.78. The van der Waals surface area contributed by atoms with Gasteiger partial charge in [0, 0.05) is 23.5 Å². The van der Waals surface area contributed by atoms with Gasteiger partial charge in [-0.15, -0.1) is 11.3 Å². The van der Waals surface area contributed by atoms with Crippen molar-refractivity contribution >= 4 is 33.3 Å². The molecule has 0 aromatic carbocycles. The van der Waals surface area contributed by atoms with Crippen LogP contribution in [0, 0.1) is 26.7 Å². The van der Waals surface area contributed by atoms with Crippen LogP contribution in [0.1, 0.15) is 41.9 Å². The summed E-state index contributed by atoms with van der Waals surface area (Å²) in [6.45, 7) is 7.29. The Morgan fingerprint density at radius 3 is 2.65 bits per heavy atom. The molecule has 0 spiro atoms. The third kappa shape index (κ3) is 3.55. The maximum absolute atomic E-state index is 11.2. The van der Waals surface area contributed by atoms with Crippen molar-refractivity contribution < 1.29 is 9.90 Å². The number of nitrogens with one attached hydrogen (secondary N) is 1. The van der Waals surface area contributed by atoms with Gasteiger partial charge in [-0.2, -0.15) is 0 Å². The number of carboxylic acid groups (broad SMARTS) is 1. The van der Waals surface area contributed by atoms with Crippen LogP contribution in [0.4, 0.5) is 5.82 Å². The monoisotopic (exact) mass is 374 g/mol. The molecular weight excluding hydrogens is 348 g/mol. The topological polar surface area (TPSA) is 78.4 Å².